The molecular formula is C12H26N2O2. The van der Waals surface area contributed by atoms with Gasteiger partial charge in [0.1, 0.15) is 0 Å². The van der Waals surface area contributed by atoms with Crippen molar-refractivity contribution in [2.45, 2.75) is 52.4 Å². The van der Waals surface area contributed by atoms with Crippen LogP contribution in [0.4, 0.5) is 0 Å². The van der Waals surface area contributed by atoms with Crippen LogP contribution in [0.2, 0.25) is 0 Å². The number of nitrogens with two attached hydrogens (primary N) is 1. The van der Waals surface area contributed by atoms with Gasteiger partial charge in [0.25, 0.3) is 0 Å². The summed E-state index contributed by atoms with van der Waals surface area (Å²) < 4.78 is 5.49. The Morgan fingerprint density at radius 3 is 2.50 bits per heavy atom. The molecule has 0 aromatic heterocycles. The summed E-state index contributed by atoms with van der Waals surface area (Å²) in [6.07, 6.45) is 5.84. The molecule has 0 atom stereocenters. The van der Waals surface area contributed by atoms with E-state index in [0.29, 0.717) is 6.42 Å². The molecular weight excluding hydrogens is 204 g/mol. The van der Waals surface area contributed by atoms with Gasteiger partial charge in [-0.15, -0.1) is 0 Å². The molecule has 96 valence electrons. The van der Waals surface area contributed by atoms with Gasteiger partial charge in [-0.05, 0) is 31.6 Å². The molecule has 0 heterocycles. The van der Waals surface area contributed by atoms with Gasteiger partial charge in [-0.1, -0.05) is 20.3 Å². The molecule has 1 amide bonds. The van der Waals surface area contributed by atoms with Crippen molar-refractivity contribution in [1.29, 1.82) is 0 Å². The van der Waals surface area contributed by atoms with Crippen molar-refractivity contribution in [2.75, 3.05) is 13.2 Å². The van der Waals surface area contributed by atoms with E-state index in [4.69, 9.17) is 10.6 Å². The predicted octanol–water partition coefficient (Wildman–Crippen LogP) is 1.99. The molecule has 0 fully saturated rings. The maximum atomic E-state index is 10.8. The van der Waals surface area contributed by atoms with Crippen molar-refractivity contribution in [3.63, 3.8) is 0 Å². The SMILES string of the molecule is CC(C)CCCOCCCCCC(=O)NN. The molecule has 0 saturated carbocycles. The standard InChI is InChI=1S/C12H26N2O2/c1-11(2)7-6-10-16-9-5-3-4-8-12(15)14-13/h11H,3-10,13H2,1-2H3,(H,14,15). The summed E-state index contributed by atoms with van der Waals surface area (Å²) in [6.45, 7) is 6.12. The molecule has 4 heteroatoms. The molecule has 0 saturated heterocycles. The van der Waals surface area contributed by atoms with Gasteiger partial charge in [-0.3, -0.25) is 10.2 Å². The van der Waals surface area contributed by atoms with E-state index in [9.17, 15) is 4.79 Å². The number of hydrogen-bond acceptors (Lipinski definition) is 3. The van der Waals surface area contributed by atoms with E-state index in [1.807, 2.05) is 0 Å². The number of carbonyl (C=O) groups is 1. The monoisotopic (exact) mass is 230 g/mol. The number of amides is 1. The van der Waals surface area contributed by atoms with Gasteiger partial charge in [-0.25, -0.2) is 5.84 Å². The Morgan fingerprint density at radius 1 is 1.19 bits per heavy atom. The minimum Gasteiger partial charge on any atom is -0.381 e. The Hall–Kier alpha value is -0.610. The van der Waals surface area contributed by atoms with E-state index in [0.717, 1.165) is 44.8 Å². The number of nitrogens with one attached hydrogen (secondary N) is 1. The molecule has 0 aromatic carbocycles. The van der Waals surface area contributed by atoms with Gasteiger partial charge in [0.2, 0.25) is 5.91 Å². The third-order valence-electron chi connectivity index (χ3n) is 2.42. The molecule has 0 aliphatic rings. The molecule has 0 aliphatic carbocycles. The lowest BCUT2D eigenvalue weighted by Gasteiger charge is -2.06. The fourth-order valence-electron chi connectivity index (χ4n) is 1.43. The first-order valence-corrected chi connectivity index (χ1v) is 6.24. The second-order valence-electron chi connectivity index (χ2n) is 4.53. The normalized spacial score (nSPS) is 10.8. The lowest BCUT2D eigenvalue weighted by molar-refractivity contribution is -0.121. The molecule has 0 aliphatic heterocycles. The minimum atomic E-state index is -0.0853. The summed E-state index contributed by atoms with van der Waals surface area (Å²) in [5.74, 6) is 5.64. The molecule has 0 bridgehead atoms. The number of carbonyl (C=O) groups excluding carboxylic acids is 1. The highest BCUT2D eigenvalue weighted by Gasteiger charge is 1.98. The van der Waals surface area contributed by atoms with Gasteiger partial charge >= 0.3 is 0 Å². The van der Waals surface area contributed by atoms with Crippen molar-refractivity contribution in [2.24, 2.45) is 11.8 Å². The van der Waals surface area contributed by atoms with Gasteiger partial charge in [0.15, 0.2) is 0 Å². The highest BCUT2D eigenvalue weighted by Crippen LogP contribution is 2.04. The molecule has 0 radical (unpaired) electrons. The smallest absolute Gasteiger partial charge is 0.233 e. The molecule has 0 spiro atoms. The first-order valence-electron chi connectivity index (χ1n) is 6.24. The lowest BCUT2D eigenvalue weighted by atomic mass is 10.1. The van der Waals surface area contributed by atoms with Crippen molar-refractivity contribution in [3.05, 3.63) is 0 Å². The van der Waals surface area contributed by atoms with E-state index in [2.05, 4.69) is 19.3 Å². The Balaban J connectivity index is 3.01. The molecule has 16 heavy (non-hydrogen) atoms. The fourth-order valence-corrected chi connectivity index (χ4v) is 1.43. The van der Waals surface area contributed by atoms with Crippen LogP contribution in [0.15, 0.2) is 0 Å². The van der Waals surface area contributed by atoms with Crippen LogP contribution in [0.25, 0.3) is 0 Å². The summed E-state index contributed by atoms with van der Waals surface area (Å²) in [4.78, 5) is 10.8. The average Bonchev–Trinajstić information content (AvgIpc) is 2.26. The van der Waals surface area contributed by atoms with Gasteiger partial charge in [-0.2, -0.15) is 0 Å². The Morgan fingerprint density at radius 2 is 1.88 bits per heavy atom. The van der Waals surface area contributed by atoms with Crippen LogP contribution in [0.5, 0.6) is 0 Å². The first kappa shape index (κ1) is 15.4. The maximum absolute atomic E-state index is 10.8. The second-order valence-corrected chi connectivity index (χ2v) is 4.53. The van der Waals surface area contributed by atoms with Gasteiger partial charge < -0.3 is 4.74 Å². The number of hydrazine groups is 1. The molecule has 0 rings (SSSR count). The van der Waals surface area contributed by atoms with Crippen LogP contribution in [-0.2, 0) is 9.53 Å². The van der Waals surface area contributed by atoms with Crippen LogP contribution in [-0.4, -0.2) is 19.1 Å². The summed E-state index contributed by atoms with van der Waals surface area (Å²) in [5.41, 5.74) is 2.12. The number of rotatable bonds is 10. The zero-order valence-corrected chi connectivity index (χ0v) is 10.6. The third kappa shape index (κ3) is 11.5. The second kappa shape index (κ2) is 10.9. The predicted molar refractivity (Wildman–Crippen MR) is 65.7 cm³/mol. The van der Waals surface area contributed by atoms with Crippen LogP contribution < -0.4 is 11.3 Å². The average molecular weight is 230 g/mol. The molecule has 0 unspecified atom stereocenters. The van der Waals surface area contributed by atoms with Crippen molar-refractivity contribution < 1.29 is 9.53 Å². The van der Waals surface area contributed by atoms with Crippen LogP contribution >= 0.6 is 0 Å². The number of hydrogen-bond donors (Lipinski definition) is 2. The zero-order valence-electron chi connectivity index (χ0n) is 10.6. The first-order chi connectivity index (χ1) is 7.66. The van der Waals surface area contributed by atoms with E-state index in [-0.39, 0.29) is 5.91 Å². The molecule has 3 N–H and O–H groups in total. The molecule has 0 aromatic rings. The maximum Gasteiger partial charge on any atom is 0.233 e. The van der Waals surface area contributed by atoms with E-state index in [1.165, 1.54) is 6.42 Å². The minimum absolute atomic E-state index is 0.0853. The quantitative estimate of drug-likeness (QED) is 0.261. The van der Waals surface area contributed by atoms with Gasteiger partial charge in [0, 0.05) is 19.6 Å². The van der Waals surface area contributed by atoms with E-state index in [1.54, 1.807) is 0 Å². The van der Waals surface area contributed by atoms with Crippen molar-refractivity contribution in [3.8, 4) is 0 Å². The molecule has 4 nitrogen and oxygen atoms in total. The van der Waals surface area contributed by atoms with Crippen molar-refractivity contribution >= 4 is 5.91 Å². The van der Waals surface area contributed by atoms with Crippen LogP contribution in [0, 0.1) is 5.92 Å². The highest BCUT2D eigenvalue weighted by atomic mass is 16.5. The Kier molecular flexibility index (Phi) is 10.5. The number of unbranched alkanes of at least 4 members (excludes halogenated alkanes) is 2. The van der Waals surface area contributed by atoms with Gasteiger partial charge in [0.05, 0.1) is 0 Å². The van der Waals surface area contributed by atoms with E-state index < -0.39 is 0 Å². The Bertz CT molecular complexity index is 172. The number of ether oxygens (including phenoxy) is 1. The summed E-state index contributed by atoms with van der Waals surface area (Å²) in [5, 5.41) is 0. The summed E-state index contributed by atoms with van der Waals surface area (Å²) in [6, 6.07) is 0. The zero-order chi connectivity index (χ0) is 12.2. The van der Waals surface area contributed by atoms with Crippen molar-refractivity contribution in [1.82, 2.24) is 5.43 Å². The summed E-state index contributed by atoms with van der Waals surface area (Å²) >= 11 is 0. The lowest BCUT2D eigenvalue weighted by Crippen LogP contribution is -2.29. The third-order valence-corrected chi connectivity index (χ3v) is 2.42. The fraction of sp³-hybridized carbons (Fsp3) is 0.917. The topological polar surface area (TPSA) is 64.3 Å². The van der Waals surface area contributed by atoms with E-state index >= 15 is 0 Å². The largest absolute Gasteiger partial charge is 0.381 e. The Labute approximate surface area is 98.9 Å². The summed E-state index contributed by atoms with van der Waals surface area (Å²) in [7, 11) is 0. The highest BCUT2D eigenvalue weighted by molar-refractivity contribution is 5.74. The van der Waals surface area contributed by atoms with Crippen LogP contribution in [0.3, 0.4) is 0 Å². The van der Waals surface area contributed by atoms with Crippen LogP contribution in [0.1, 0.15) is 52.4 Å².